The van der Waals surface area contributed by atoms with Crippen molar-refractivity contribution >= 4 is 5.97 Å². The SMILES string of the molecule is CC.CCOc1c(C(C)(C)C)cc(C#Cc2ccc(CC(=O)OC)cc2)c(C)c1CO. The fourth-order valence-corrected chi connectivity index (χ4v) is 3.08. The first-order valence-corrected chi connectivity index (χ1v) is 10.8. The molecule has 4 heteroatoms. The van der Waals surface area contributed by atoms with Crippen LogP contribution >= 0.6 is 0 Å². The third-order valence-electron chi connectivity index (χ3n) is 4.79. The number of carbonyl (C=O) groups excluding carboxylic acids is 1. The molecule has 0 bridgehead atoms. The lowest BCUT2D eigenvalue weighted by atomic mass is 9.82. The average Bonchev–Trinajstić information content (AvgIpc) is 2.75. The van der Waals surface area contributed by atoms with Crippen LogP contribution in [-0.4, -0.2) is 24.8 Å². The Balaban J connectivity index is 0.00000233. The number of aliphatic hydroxyl groups excluding tert-OH is 1. The van der Waals surface area contributed by atoms with Gasteiger partial charge in [0, 0.05) is 22.3 Å². The first kappa shape index (κ1) is 26.3. The minimum absolute atomic E-state index is 0.0952. The van der Waals surface area contributed by atoms with Crippen molar-refractivity contribution in [3.8, 4) is 17.6 Å². The first-order chi connectivity index (χ1) is 14.7. The van der Waals surface area contributed by atoms with Crippen molar-refractivity contribution in [3.63, 3.8) is 0 Å². The Bertz CT molecular complexity index is 923. The molecule has 0 saturated heterocycles. The van der Waals surface area contributed by atoms with E-state index in [2.05, 4.69) is 38.7 Å². The van der Waals surface area contributed by atoms with Crippen LogP contribution in [0.25, 0.3) is 0 Å². The molecule has 2 aromatic carbocycles. The van der Waals surface area contributed by atoms with Crippen LogP contribution in [0.2, 0.25) is 0 Å². The Morgan fingerprint density at radius 1 is 1.10 bits per heavy atom. The van der Waals surface area contributed by atoms with Gasteiger partial charge in [-0.25, -0.2) is 0 Å². The van der Waals surface area contributed by atoms with Crippen LogP contribution in [0, 0.1) is 18.8 Å². The zero-order valence-electron chi connectivity index (χ0n) is 20.2. The van der Waals surface area contributed by atoms with E-state index in [0.29, 0.717) is 6.61 Å². The van der Waals surface area contributed by atoms with Crippen LogP contribution in [-0.2, 0) is 28.0 Å². The highest BCUT2D eigenvalue weighted by Crippen LogP contribution is 2.37. The van der Waals surface area contributed by atoms with E-state index in [-0.39, 0.29) is 24.4 Å². The maximum Gasteiger partial charge on any atom is 0.309 e. The molecule has 0 unspecified atom stereocenters. The average molecular weight is 425 g/mol. The van der Waals surface area contributed by atoms with Gasteiger partial charge < -0.3 is 14.6 Å². The summed E-state index contributed by atoms with van der Waals surface area (Å²) in [6.45, 7) is 14.7. The van der Waals surface area contributed by atoms with Gasteiger partial charge in [0.05, 0.1) is 26.7 Å². The summed E-state index contributed by atoms with van der Waals surface area (Å²) in [6, 6.07) is 9.62. The normalized spacial score (nSPS) is 10.4. The van der Waals surface area contributed by atoms with Crippen LogP contribution in [0.3, 0.4) is 0 Å². The Hall–Kier alpha value is -2.77. The monoisotopic (exact) mass is 424 g/mol. The minimum atomic E-state index is -0.264. The molecule has 0 amide bonds. The van der Waals surface area contributed by atoms with E-state index >= 15 is 0 Å². The van der Waals surface area contributed by atoms with Gasteiger partial charge in [0.15, 0.2) is 0 Å². The van der Waals surface area contributed by atoms with Gasteiger partial charge in [-0.2, -0.15) is 0 Å². The van der Waals surface area contributed by atoms with Gasteiger partial charge >= 0.3 is 5.97 Å². The van der Waals surface area contributed by atoms with Crippen LogP contribution in [0.15, 0.2) is 30.3 Å². The summed E-state index contributed by atoms with van der Waals surface area (Å²) >= 11 is 0. The molecule has 0 aromatic heterocycles. The van der Waals surface area contributed by atoms with E-state index in [1.165, 1.54) is 7.11 Å². The molecule has 0 spiro atoms. The lowest BCUT2D eigenvalue weighted by Crippen LogP contribution is -2.16. The molecule has 2 rings (SSSR count). The number of aliphatic hydroxyl groups is 1. The highest BCUT2D eigenvalue weighted by molar-refractivity contribution is 5.72. The van der Waals surface area contributed by atoms with Gasteiger partial charge in [-0.3, -0.25) is 4.79 Å². The second kappa shape index (κ2) is 12.2. The highest BCUT2D eigenvalue weighted by Gasteiger charge is 2.24. The highest BCUT2D eigenvalue weighted by atomic mass is 16.5. The van der Waals surface area contributed by atoms with Gasteiger partial charge in [-0.1, -0.05) is 58.6 Å². The van der Waals surface area contributed by atoms with E-state index in [4.69, 9.17) is 9.47 Å². The largest absolute Gasteiger partial charge is 0.493 e. The van der Waals surface area contributed by atoms with Gasteiger partial charge in [-0.15, -0.1) is 0 Å². The van der Waals surface area contributed by atoms with Crippen molar-refractivity contribution in [2.75, 3.05) is 13.7 Å². The molecule has 0 heterocycles. The van der Waals surface area contributed by atoms with Crippen LogP contribution in [0.1, 0.15) is 74.9 Å². The molecule has 168 valence electrons. The third-order valence-corrected chi connectivity index (χ3v) is 4.79. The van der Waals surface area contributed by atoms with Gasteiger partial charge in [-0.05, 0) is 48.6 Å². The second-order valence-corrected chi connectivity index (χ2v) is 7.95. The quantitative estimate of drug-likeness (QED) is 0.521. The number of methoxy groups -OCH3 is 1. The topological polar surface area (TPSA) is 55.8 Å². The van der Waals surface area contributed by atoms with E-state index in [1.807, 2.05) is 52.0 Å². The predicted molar refractivity (Wildman–Crippen MR) is 126 cm³/mol. The van der Waals surface area contributed by atoms with Crippen LogP contribution in [0.5, 0.6) is 5.75 Å². The van der Waals surface area contributed by atoms with E-state index < -0.39 is 0 Å². The molecule has 0 atom stereocenters. The smallest absolute Gasteiger partial charge is 0.309 e. The van der Waals surface area contributed by atoms with Gasteiger partial charge in [0.25, 0.3) is 0 Å². The Morgan fingerprint density at radius 3 is 2.19 bits per heavy atom. The number of benzene rings is 2. The number of esters is 1. The summed E-state index contributed by atoms with van der Waals surface area (Å²) in [5.74, 6) is 6.94. The zero-order chi connectivity index (χ0) is 23.6. The fraction of sp³-hybridized carbons (Fsp3) is 0.444. The summed E-state index contributed by atoms with van der Waals surface area (Å²) in [5.41, 5.74) is 5.23. The maximum absolute atomic E-state index is 11.4. The summed E-state index contributed by atoms with van der Waals surface area (Å²) in [6.07, 6.45) is 0.247. The first-order valence-electron chi connectivity index (χ1n) is 10.8. The number of carbonyl (C=O) groups is 1. The molecule has 0 saturated carbocycles. The number of hydrogen-bond acceptors (Lipinski definition) is 4. The predicted octanol–water partition coefficient (Wildman–Crippen LogP) is 5.33. The summed E-state index contributed by atoms with van der Waals surface area (Å²) < 4.78 is 10.6. The summed E-state index contributed by atoms with van der Waals surface area (Å²) in [4.78, 5) is 11.4. The molecule has 2 aromatic rings. The Labute approximate surface area is 187 Å². The van der Waals surface area contributed by atoms with Gasteiger partial charge in [0.2, 0.25) is 0 Å². The molecule has 1 N–H and O–H groups in total. The third kappa shape index (κ3) is 7.15. The standard InChI is InChI=1S/C25H30O4.C2H6/c1-7-29-24-21(16-26)17(2)20(15-22(24)25(3,4)5)13-12-18-8-10-19(11-9-18)14-23(27)28-6;1-2/h8-11,15,26H,7,14,16H2,1-6H3;1-2H3. The maximum atomic E-state index is 11.4. The van der Waals surface area contributed by atoms with E-state index in [1.54, 1.807) is 0 Å². The lowest BCUT2D eigenvalue weighted by Gasteiger charge is -2.26. The number of hydrogen-bond donors (Lipinski definition) is 1. The van der Waals surface area contributed by atoms with Crippen molar-refractivity contribution in [1.82, 2.24) is 0 Å². The zero-order valence-corrected chi connectivity index (χ0v) is 20.2. The molecule has 0 radical (unpaired) electrons. The van der Waals surface area contributed by atoms with Crippen molar-refractivity contribution in [2.24, 2.45) is 0 Å². The number of ether oxygens (including phenoxy) is 2. The van der Waals surface area contributed by atoms with Gasteiger partial charge in [0.1, 0.15) is 5.75 Å². The molecule has 0 aliphatic rings. The van der Waals surface area contributed by atoms with E-state index in [0.717, 1.165) is 39.1 Å². The van der Waals surface area contributed by atoms with Crippen molar-refractivity contribution < 1.29 is 19.4 Å². The number of rotatable bonds is 5. The lowest BCUT2D eigenvalue weighted by molar-refractivity contribution is -0.139. The van der Waals surface area contributed by atoms with Crippen LogP contribution < -0.4 is 4.74 Å². The Morgan fingerprint density at radius 2 is 1.71 bits per heavy atom. The Kier molecular flexibility index (Phi) is 10.3. The van der Waals surface area contributed by atoms with Crippen molar-refractivity contribution in [1.29, 1.82) is 0 Å². The molecule has 0 aliphatic heterocycles. The second-order valence-electron chi connectivity index (χ2n) is 7.95. The summed E-state index contributed by atoms with van der Waals surface area (Å²) in [7, 11) is 1.38. The van der Waals surface area contributed by atoms with Crippen molar-refractivity contribution in [3.05, 3.63) is 63.7 Å². The van der Waals surface area contributed by atoms with E-state index in [9.17, 15) is 9.90 Å². The van der Waals surface area contributed by atoms with Crippen molar-refractivity contribution in [2.45, 2.75) is 66.9 Å². The summed E-state index contributed by atoms with van der Waals surface area (Å²) in [5, 5.41) is 9.98. The molecular weight excluding hydrogens is 388 g/mol. The molecule has 0 fully saturated rings. The molecule has 4 nitrogen and oxygen atoms in total. The molecular formula is C27H36O4. The molecule has 31 heavy (non-hydrogen) atoms. The van der Waals surface area contributed by atoms with Crippen LogP contribution in [0.4, 0.5) is 0 Å². The molecule has 0 aliphatic carbocycles. The minimum Gasteiger partial charge on any atom is -0.493 e. The fourth-order valence-electron chi connectivity index (χ4n) is 3.08.